The summed E-state index contributed by atoms with van der Waals surface area (Å²) < 4.78 is 6.34. The van der Waals surface area contributed by atoms with Gasteiger partial charge in [-0.25, -0.2) is 9.36 Å². The average Bonchev–Trinajstić information content (AvgIpc) is 2.75. The number of hydrogen-bond acceptors (Lipinski definition) is 6. The first kappa shape index (κ1) is 22.3. The van der Waals surface area contributed by atoms with Crippen LogP contribution in [0.25, 0.3) is 0 Å². The first-order valence-corrected chi connectivity index (χ1v) is 7.35. The maximum atomic E-state index is 11.9. The minimum Gasteiger partial charge on any atom is -1.00 e. The number of carbonyl (C=O) groups is 1. The van der Waals surface area contributed by atoms with Crippen molar-refractivity contribution in [3.05, 3.63) is 27.4 Å². The van der Waals surface area contributed by atoms with Gasteiger partial charge >= 0.3 is 11.8 Å². The van der Waals surface area contributed by atoms with Crippen molar-refractivity contribution in [1.29, 1.82) is 0 Å². The SMILES string of the molecule is CCOC(=O)c1cc(C[N+](C)(CCO)CCO)c([N+](=O)[O-])n1C.[Cl-]. The third-order valence-electron chi connectivity index (χ3n) is 3.77. The Labute approximate surface area is 146 Å². The van der Waals surface area contributed by atoms with Gasteiger partial charge < -0.3 is 42.0 Å². The van der Waals surface area contributed by atoms with Crippen molar-refractivity contribution in [2.75, 3.05) is 40.0 Å². The number of quaternary nitrogens is 1. The summed E-state index contributed by atoms with van der Waals surface area (Å²) in [5.74, 6) is -0.809. The molecule has 0 aliphatic heterocycles. The van der Waals surface area contributed by atoms with Crippen molar-refractivity contribution >= 4 is 11.8 Å². The Bertz CT molecular complexity index is 569. The highest BCUT2D eigenvalue weighted by Crippen LogP contribution is 2.26. The molecule has 2 N–H and O–H groups in total. The van der Waals surface area contributed by atoms with Crippen LogP contribution >= 0.6 is 0 Å². The molecule has 0 aliphatic rings. The van der Waals surface area contributed by atoms with Crippen LogP contribution in [-0.4, -0.2) is 70.1 Å². The number of likely N-dealkylation sites (N-methyl/N-ethyl adjacent to an activating group) is 1. The van der Waals surface area contributed by atoms with Gasteiger partial charge in [-0.15, -0.1) is 0 Å². The number of rotatable bonds is 9. The molecule has 0 radical (unpaired) electrons. The number of nitrogens with zero attached hydrogens (tertiary/aromatic N) is 3. The Balaban J connectivity index is 0.00000529. The molecule has 138 valence electrons. The predicted octanol–water partition coefficient (Wildman–Crippen LogP) is -2.95. The maximum absolute atomic E-state index is 11.9. The van der Waals surface area contributed by atoms with E-state index in [9.17, 15) is 25.1 Å². The number of hydrogen-bond donors (Lipinski definition) is 2. The monoisotopic (exact) mass is 365 g/mol. The molecule has 9 nitrogen and oxygen atoms in total. The zero-order valence-electron chi connectivity index (χ0n) is 14.1. The van der Waals surface area contributed by atoms with Crippen LogP contribution in [0, 0.1) is 10.1 Å². The summed E-state index contributed by atoms with van der Waals surface area (Å²) in [5, 5.41) is 29.7. The quantitative estimate of drug-likeness (QED) is 0.209. The molecule has 0 aromatic carbocycles. The van der Waals surface area contributed by atoms with Gasteiger partial charge in [-0.2, -0.15) is 0 Å². The normalized spacial score (nSPS) is 11.0. The van der Waals surface area contributed by atoms with Gasteiger partial charge in [0.25, 0.3) is 0 Å². The Morgan fingerprint density at radius 1 is 1.38 bits per heavy atom. The molecule has 0 fully saturated rings. The predicted molar refractivity (Wildman–Crippen MR) is 81.8 cm³/mol. The van der Waals surface area contributed by atoms with E-state index in [1.54, 1.807) is 14.0 Å². The fourth-order valence-electron chi connectivity index (χ4n) is 2.58. The molecule has 10 heteroatoms. The molecule has 0 atom stereocenters. The molecule has 1 aromatic heterocycles. The lowest BCUT2D eigenvalue weighted by Gasteiger charge is -2.32. The zero-order valence-corrected chi connectivity index (χ0v) is 14.8. The van der Waals surface area contributed by atoms with Gasteiger partial charge in [0, 0.05) is 6.07 Å². The lowest BCUT2D eigenvalue weighted by Crippen LogP contribution is -3.00. The van der Waals surface area contributed by atoms with Crippen molar-refractivity contribution in [3.63, 3.8) is 0 Å². The smallest absolute Gasteiger partial charge is 0.378 e. The van der Waals surface area contributed by atoms with Gasteiger partial charge in [0.15, 0.2) is 0 Å². The van der Waals surface area contributed by atoms with Gasteiger partial charge in [-0.05, 0) is 11.8 Å². The summed E-state index contributed by atoms with van der Waals surface area (Å²) in [6.07, 6.45) is 0. The van der Waals surface area contributed by atoms with Gasteiger partial charge in [0.1, 0.15) is 25.2 Å². The van der Waals surface area contributed by atoms with E-state index in [0.717, 1.165) is 0 Å². The molecule has 0 bridgehead atoms. The first-order valence-electron chi connectivity index (χ1n) is 7.35. The van der Waals surface area contributed by atoms with E-state index in [0.29, 0.717) is 18.7 Å². The van der Waals surface area contributed by atoms with E-state index in [1.165, 1.54) is 17.7 Å². The molecule has 1 aromatic rings. The average molecular weight is 366 g/mol. The van der Waals surface area contributed by atoms with E-state index in [1.807, 2.05) is 0 Å². The Morgan fingerprint density at radius 3 is 2.33 bits per heavy atom. The van der Waals surface area contributed by atoms with E-state index in [-0.39, 0.29) is 54.8 Å². The largest absolute Gasteiger partial charge is 1.00 e. The first-order chi connectivity index (χ1) is 10.8. The highest BCUT2D eigenvalue weighted by molar-refractivity contribution is 5.89. The number of esters is 1. The highest BCUT2D eigenvalue weighted by Gasteiger charge is 2.32. The van der Waals surface area contributed by atoms with Crippen LogP contribution in [0.5, 0.6) is 0 Å². The van der Waals surface area contributed by atoms with E-state index < -0.39 is 10.9 Å². The standard InChI is InChI=1S/C14H24N3O6.ClH/c1-4-23-14(20)12-9-11(13(15(12)2)16(21)22)10-17(3,5-7-18)6-8-19;/h9,18-19H,4-8,10H2,1-3H3;1H/q+1;/p-1. The van der Waals surface area contributed by atoms with Crippen LogP contribution in [0.3, 0.4) is 0 Å². The van der Waals surface area contributed by atoms with Crippen LogP contribution in [0.2, 0.25) is 0 Å². The van der Waals surface area contributed by atoms with Crippen molar-refractivity contribution in [1.82, 2.24) is 4.57 Å². The molecule has 0 unspecified atom stereocenters. The Hall–Kier alpha value is -1.68. The van der Waals surface area contributed by atoms with Gasteiger partial charge in [-0.1, -0.05) is 0 Å². The number of aliphatic hydroxyl groups excluding tert-OH is 2. The number of aromatic nitrogens is 1. The van der Waals surface area contributed by atoms with Crippen molar-refractivity contribution in [2.24, 2.45) is 7.05 Å². The van der Waals surface area contributed by atoms with E-state index in [2.05, 4.69) is 0 Å². The summed E-state index contributed by atoms with van der Waals surface area (Å²) in [5.41, 5.74) is 0.470. The van der Waals surface area contributed by atoms with E-state index in [4.69, 9.17) is 4.74 Å². The summed E-state index contributed by atoms with van der Waals surface area (Å²) in [6.45, 7) is 2.50. The van der Waals surface area contributed by atoms with Crippen LogP contribution in [0.4, 0.5) is 5.82 Å². The fourth-order valence-corrected chi connectivity index (χ4v) is 2.58. The lowest BCUT2D eigenvalue weighted by atomic mass is 10.2. The van der Waals surface area contributed by atoms with Crippen molar-refractivity contribution in [3.8, 4) is 0 Å². The number of halogens is 1. The second-order valence-corrected chi connectivity index (χ2v) is 5.59. The fraction of sp³-hybridized carbons (Fsp3) is 0.643. The maximum Gasteiger partial charge on any atom is 0.378 e. The van der Waals surface area contributed by atoms with Gasteiger partial charge in [0.2, 0.25) is 5.69 Å². The second-order valence-electron chi connectivity index (χ2n) is 5.59. The summed E-state index contributed by atoms with van der Waals surface area (Å²) in [4.78, 5) is 22.7. The zero-order chi connectivity index (χ0) is 17.6. The van der Waals surface area contributed by atoms with Gasteiger partial charge in [-0.3, -0.25) is 0 Å². The molecule has 0 saturated carbocycles. The minimum absolute atomic E-state index is 0. The highest BCUT2D eigenvalue weighted by atomic mass is 35.5. The molecule has 1 rings (SSSR count). The van der Waals surface area contributed by atoms with Crippen LogP contribution in [-0.2, 0) is 18.3 Å². The summed E-state index contributed by atoms with van der Waals surface area (Å²) in [6, 6.07) is 1.45. The van der Waals surface area contributed by atoms with Crippen LogP contribution in [0.1, 0.15) is 23.0 Å². The van der Waals surface area contributed by atoms with Crippen molar-refractivity contribution in [2.45, 2.75) is 13.5 Å². The third-order valence-corrected chi connectivity index (χ3v) is 3.77. The molecule has 0 saturated heterocycles. The Morgan fingerprint density at radius 2 is 1.92 bits per heavy atom. The molecule has 0 aliphatic carbocycles. The lowest BCUT2D eigenvalue weighted by molar-refractivity contribution is -0.923. The topological polar surface area (TPSA) is 115 Å². The van der Waals surface area contributed by atoms with Crippen LogP contribution in [0.15, 0.2) is 6.07 Å². The molecule has 0 spiro atoms. The van der Waals surface area contributed by atoms with Gasteiger partial charge in [0.05, 0.1) is 33.9 Å². The van der Waals surface area contributed by atoms with E-state index >= 15 is 0 Å². The molecular weight excluding hydrogens is 342 g/mol. The number of aliphatic hydroxyl groups is 2. The second kappa shape index (κ2) is 9.58. The molecule has 24 heavy (non-hydrogen) atoms. The summed E-state index contributed by atoms with van der Waals surface area (Å²) >= 11 is 0. The van der Waals surface area contributed by atoms with Crippen molar-refractivity contribution < 1.29 is 41.6 Å². The van der Waals surface area contributed by atoms with Crippen LogP contribution < -0.4 is 12.4 Å². The minimum atomic E-state index is -0.622. The summed E-state index contributed by atoms with van der Waals surface area (Å²) in [7, 11) is 3.23. The molecule has 0 amide bonds. The molecular formula is C14H24ClN3O6. The Kier molecular flexibility index (Phi) is 8.91. The third kappa shape index (κ3) is 5.17. The number of nitro groups is 1. The number of ether oxygens (including phenoxy) is 1. The number of carbonyl (C=O) groups excluding carboxylic acids is 1. The molecule has 1 heterocycles.